The first-order valence-electron chi connectivity index (χ1n) is 7.21. The van der Waals surface area contributed by atoms with Crippen LogP contribution in [0.4, 0.5) is 0 Å². The van der Waals surface area contributed by atoms with Crippen molar-refractivity contribution in [3.8, 4) is 0 Å². The second-order valence-electron chi connectivity index (χ2n) is 5.52. The molecule has 22 heavy (non-hydrogen) atoms. The van der Waals surface area contributed by atoms with E-state index in [-0.39, 0.29) is 6.04 Å². The molecular formula is C16H18N2O2S2. The topological polar surface area (TPSA) is 59.1 Å². The Morgan fingerprint density at radius 3 is 2.64 bits per heavy atom. The molecule has 0 aliphatic heterocycles. The lowest BCUT2D eigenvalue weighted by Gasteiger charge is -2.14. The summed E-state index contributed by atoms with van der Waals surface area (Å²) in [6, 6.07) is 9.20. The number of thiazole rings is 1. The van der Waals surface area contributed by atoms with Gasteiger partial charge in [-0.05, 0) is 37.3 Å². The molecule has 4 nitrogen and oxygen atoms in total. The van der Waals surface area contributed by atoms with Crippen LogP contribution in [0.25, 0.3) is 6.08 Å². The number of aromatic nitrogens is 1. The van der Waals surface area contributed by atoms with Gasteiger partial charge in [0.05, 0.1) is 6.04 Å². The van der Waals surface area contributed by atoms with Gasteiger partial charge in [0.1, 0.15) is 5.01 Å². The van der Waals surface area contributed by atoms with Crippen molar-refractivity contribution in [2.75, 3.05) is 0 Å². The van der Waals surface area contributed by atoms with Gasteiger partial charge in [-0.15, -0.1) is 11.3 Å². The molecule has 3 rings (SSSR count). The van der Waals surface area contributed by atoms with Gasteiger partial charge in [-0.3, -0.25) is 0 Å². The van der Waals surface area contributed by atoms with E-state index in [0.29, 0.717) is 5.92 Å². The zero-order chi connectivity index (χ0) is 15.6. The van der Waals surface area contributed by atoms with Crippen LogP contribution in [0.1, 0.15) is 35.1 Å². The van der Waals surface area contributed by atoms with Crippen LogP contribution in [0.3, 0.4) is 0 Å². The van der Waals surface area contributed by atoms with Crippen molar-refractivity contribution in [1.29, 1.82) is 0 Å². The minimum absolute atomic E-state index is 0.205. The van der Waals surface area contributed by atoms with Crippen LogP contribution in [-0.2, 0) is 10.0 Å². The number of hydrogen-bond donors (Lipinski definition) is 1. The van der Waals surface area contributed by atoms with Gasteiger partial charge in [-0.2, -0.15) is 0 Å². The van der Waals surface area contributed by atoms with E-state index < -0.39 is 10.0 Å². The molecule has 1 atom stereocenters. The molecule has 1 N–H and O–H groups in total. The summed E-state index contributed by atoms with van der Waals surface area (Å²) in [6.45, 7) is 1.92. The summed E-state index contributed by atoms with van der Waals surface area (Å²) in [5, 5.41) is 4.05. The van der Waals surface area contributed by atoms with Crippen LogP contribution in [0.5, 0.6) is 0 Å². The zero-order valence-corrected chi connectivity index (χ0v) is 13.9. The second kappa shape index (κ2) is 6.32. The highest BCUT2D eigenvalue weighted by atomic mass is 32.2. The Hall–Kier alpha value is -1.50. The third-order valence-corrected chi connectivity index (χ3v) is 5.65. The Morgan fingerprint density at radius 2 is 2.05 bits per heavy atom. The fourth-order valence-electron chi connectivity index (χ4n) is 2.24. The summed E-state index contributed by atoms with van der Waals surface area (Å²) >= 11 is 1.52. The van der Waals surface area contributed by atoms with E-state index in [0.717, 1.165) is 29.1 Å². The molecule has 6 heteroatoms. The van der Waals surface area contributed by atoms with Crippen LogP contribution in [0.15, 0.2) is 41.1 Å². The lowest BCUT2D eigenvalue weighted by atomic mass is 10.2. The van der Waals surface area contributed by atoms with Gasteiger partial charge in [0.25, 0.3) is 0 Å². The monoisotopic (exact) mass is 334 g/mol. The van der Waals surface area contributed by atoms with Crippen LogP contribution < -0.4 is 4.72 Å². The molecule has 1 aromatic heterocycles. The molecular weight excluding hydrogens is 316 g/mol. The summed E-state index contributed by atoms with van der Waals surface area (Å²) in [5.41, 5.74) is 1.80. The third-order valence-electron chi connectivity index (χ3n) is 3.53. The summed E-state index contributed by atoms with van der Waals surface area (Å²) in [4.78, 5) is 4.44. The van der Waals surface area contributed by atoms with Crippen molar-refractivity contribution in [2.24, 2.45) is 5.92 Å². The summed E-state index contributed by atoms with van der Waals surface area (Å²) in [7, 11) is -3.49. The largest absolute Gasteiger partial charge is 0.245 e. The Bertz CT molecular complexity index is 762. The number of rotatable bonds is 6. The fraction of sp³-hybridized carbons (Fsp3) is 0.312. The van der Waals surface area contributed by atoms with E-state index in [4.69, 9.17) is 0 Å². The van der Waals surface area contributed by atoms with Crippen LogP contribution in [0, 0.1) is 12.8 Å². The number of nitrogens with zero attached hydrogens (tertiary/aromatic N) is 1. The Balaban J connectivity index is 1.75. The summed E-state index contributed by atoms with van der Waals surface area (Å²) in [5.74, 6) is 0.366. The molecule has 1 saturated carbocycles. The quantitative estimate of drug-likeness (QED) is 0.879. The standard InChI is InChI=1S/C16H18N2O2S2/c1-12-11-21-16(17-12)15(14-7-8-14)18-22(19,20)10-9-13-5-3-2-4-6-13/h2-6,9-11,14-15,18H,7-8H2,1H3/b10-9+/t15-/m0/s1. The van der Waals surface area contributed by atoms with Crippen LogP contribution in [-0.4, -0.2) is 13.4 Å². The minimum atomic E-state index is -3.49. The van der Waals surface area contributed by atoms with Gasteiger partial charge in [-0.1, -0.05) is 30.3 Å². The predicted octanol–water partition coefficient (Wildman–Crippen LogP) is 3.49. The first kappa shape index (κ1) is 15.4. The molecule has 116 valence electrons. The van der Waals surface area contributed by atoms with E-state index in [9.17, 15) is 8.42 Å². The Kier molecular flexibility index (Phi) is 4.42. The smallest absolute Gasteiger partial charge is 0.234 e. The first-order chi connectivity index (χ1) is 10.5. The minimum Gasteiger partial charge on any atom is -0.245 e. The normalized spacial score (nSPS) is 17.0. The van der Waals surface area contributed by atoms with E-state index in [1.54, 1.807) is 6.08 Å². The number of hydrogen-bond acceptors (Lipinski definition) is 4. The average Bonchev–Trinajstić information content (AvgIpc) is 3.26. The Labute approximate surface area is 135 Å². The molecule has 0 unspecified atom stereocenters. The van der Waals surface area contributed by atoms with Gasteiger partial charge in [0.15, 0.2) is 0 Å². The maximum Gasteiger partial charge on any atom is 0.234 e. The lowest BCUT2D eigenvalue weighted by Crippen LogP contribution is -2.28. The number of benzene rings is 1. The van der Waals surface area contributed by atoms with Crippen molar-refractivity contribution < 1.29 is 8.42 Å². The highest BCUT2D eigenvalue weighted by molar-refractivity contribution is 7.92. The fourth-order valence-corrected chi connectivity index (χ4v) is 4.33. The highest BCUT2D eigenvalue weighted by Gasteiger charge is 2.36. The number of aryl methyl sites for hydroxylation is 1. The molecule has 1 heterocycles. The van der Waals surface area contributed by atoms with Gasteiger partial charge in [0, 0.05) is 16.5 Å². The van der Waals surface area contributed by atoms with E-state index in [1.807, 2.05) is 42.6 Å². The number of sulfonamides is 1. The van der Waals surface area contributed by atoms with E-state index in [1.165, 1.54) is 16.7 Å². The van der Waals surface area contributed by atoms with Crippen molar-refractivity contribution >= 4 is 27.4 Å². The molecule has 0 radical (unpaired) electrons. The zero-order valence-electron chi connectivity index (χ0n) is 12.3. The molecule has 0 saturated heterocycles. The highest BCUT2D eigenvalue weighted by Crippen LogP contribution is 2.42. The molecule has 0 bridgehead atoms. The molecule has 1 fully saturated rings. The molecule has 0 spiro atoms. The second-order valence-corrected chi connectivity index (χ2v) is 8.01. The molecule has 1 aliphatic rings. The predicted molar refractivity (Wildman–Crippen MR) is 89.8 cm³/mol. The maximum atomic E-state index is 12.3. The first-order valence-corrected chi connectivity index (χ1v) is 9.63. The van der Waals surface area contributed by atoms with Crippen LogP contribution >= 0.6 is 11.3 Å². The van der Waals surface area contributed by atoms with Crippen molar-refractivity contribution in [2.45, 2.75) is 25.8 Å². The lowest BCUT2D eigenvalue weighted by molar-refractivity contribution is 0.534. The van der Waals surface area contributed by atoms with Gasteiger partial charge in [0.2, 0.25) is 10.0 Å². The van der Waals surface area contributed by atoms with Gasteiger partial charge >= 0.3 is 0 Å². The van der Waals surface area contributed by atoms with Crippen molar-refractivity contribution in [3.63, 3.8) is 0 Å². The molecule has 1 aliphatic carbocycles. The summed E-state index contributed by atoms with van der Waals surface area (Å²) in [6.07, 6.45) is 3.71. The average molecular weight is 334 g/mol. The SMILES string of the molecule is Cc1csc([C@@H](NS(=O)(=O)/C=C/c2ccccc2)C2CC2)n1. The van der Waals surface area contributed by atoms with E-state index >= 15 is 0 Å². The van der Waals surface area contributed by atoms with Crippen molar-refractivity contribution in [1.82, 2.24) is 9.71 Å². The van der Waals surface area contributed by atoms with Crippen molar-refractivity contribution in [3.05, 3.63) is 57.4 Å². The third kappa shape index (κ3) is 4.03. The molecule has 1 aromatic carbocycles. The van der Waals surface area contributed by atoms with E-state index in [2.05, 4.69) is 9.71 Å². The maximum absolute atomic E-state index is 12.3. The van der Waals surface area contributed by atoms with Gasteiger partial charge < -0.3 is 0 Å². The Morgan fingerprint density at radius 1 is 1.32 bits per heavy atom. The number of nitrogens with one attached hydrogen (secondary N) is 1. The van der Waals surface area contributed by atoms with Gasteiger partial charge in [-0.25, -0.2) is 18.1 Å². The van der Waals surface area contributed by atoms with Crippen LogP contribution in [0.2, 0.25) is 0 Å². The summed E-state index contributed by atoms with van der Waals surface area (Å²) < 4.78 is 27.4. The molecule has 2 aromatic rings. The molecule has 0 amide bonds.